The Morgan fingerprint density at radius 2 is 2.08 bits per heavy atom. The van der Waals surface area contributed by atoms with Gasteiger partial charge in [0, 0.05) is 24.2 Å². The number of alkyl halides is 1. The normalized spacial score (nSPS) is 14.4. The van der Waals surface area contributed by atoms with Crippen LogP contribution >= 0.6 is 15.9 Å². The third kappa shape index (κ3) is 8.71. The molecule has 0 spiro atoms. The van der Waals surface area contributed by atoms with Crippen LogP contribution in [0.1, 0.15) is 19.8 Å². The van der Waals surface area contributed by atoms with Crippen LogP contribution in [-0.4, -0.2) is 38.3 Å². The molecule has 1 N–H and O–H groups in total. The third-order valence-electron chi connectivity index (χ3n) is 1.86. The zero-order valence-electron chi connectivity index (χ0n) is 8.22. The molecule has 0 heterocycles. The molecule has 5 heteroatoms. The fraction of sp³-hybridized carbons (Fsp3) is 1.00. The maximum absolute atomic E-state index is 10.8. The zero-order chi connectivity index (χ0) is 10.3. The smallest absolute Gasteiger partial charge is 0.148 e. The van der Waals surface area contributed by atoms with Crippen molar-refractivity contribution < 1.29 is 8.42 Å². The van der Waals surface area contributed by atoms with Gasteiger partial charge < -0.3 is 5.32 Å². The highest BCUT2D eigenvalue weighted by Gasteiger charge is 2.06. The Labute approximate surface area is 89.3 Å². The Bertz CT molecular complexity index is 216. The predicted molar refractivity (Wildman–Crippen MR) is 60.2 cm³/mol. The van der Waals surface area contributed by atoms with Crippen molar-refractivity contribution in [3.05, 3.63) is 0 Å². The molecule has 0 aromatic carbocycles. The molecule has 1 atom stereocenters. The van der Waals surface area contributed by atoms with Crippen LogP contribution in [0.2, 0.25) is 0 Å². The van der Waals surface area contributed by atoms with Gasteiger partial charge in [-0.15, -0.1) is 0 Å². The number of rotatable bonds is 7. The quantitative estimate of drug-likeness (QED) is 0.708. The fourth-order valence-corrected chi connectivity index (χ4v) is 2.07. The third-order valence-corrected chi connectivity index (χ3v) is 3.26. The summed E-state index contributed by atoms with van der Waals surface area (Å²) in [5, 5.41) is 4.17. The van der Waals surface area contributed by atoms with E-state index in [1.54, 1.807) is 0 Å². The van der Waals surface area contributed by atoms with Crippen LogP contribution in [0.4, 0.5) is 0 Å². The van der Waals surface area contributed by atoms with Gasteiger partial charge in [0.15, 0.2) is 0 Å². The molecule has 0 saturated carbocycles. The van der Waals surface area contributed by atoms with E-state index in [9.17, 15) is 8.42 Å². The molecule has 0 aromatic rings. The van der Waals surface area contributed by atoms with Crippen LogP contribution in [0, 0.1) is 0 Å². The molecule has 0 rings (SSSR count). The summed E-state index contributed by atoms with van der Waals surface area (Å²) >= 11 is 3.36. The Balaban J connectivity index is 3.61. The number of hydrogen-bond acceptors (Lipinski definition) is 3. The Morgan fingerprint density at radius 3 is 2.46 bits per heavy atom. The monoisotopic (exact) mass is 271 g/mol. The van der Waals surface area contributed by atoms with Gasteiger partial charge in [-0.1, -0.05) is 22.9 Å². The van der Waals surface area contributed by atoms with Crippen molar-refractivity contribution >= 4 is 25.8 Å². The molecule has 0 saturated heterocycles. The molecule has 0 aliphatic carbocycles. The Kier molecular flexibility index (Phi) is 6.99. The van der Waals surface area contributed by atoms with E-state index in [-0.39, 0.29) is 5.75 Å². The SMILES string of the molecule is CCC(CCBr)NCCS(C)(=O)=O. The van der Waals surface area contributed by atoms with E-state index < -0.39 is 9.84 Å². The van der Waals surface area contributed by atoms with E-state index in [1.165, 1.54) is 6.26 Å². The average Bonchev–Trinajstić information content (AvgIpc) is 2.01. The van der Waals surface area contributed by atoms with Gasteiger partial charge in [0.05, 0.1) is 5.75 Å². The molecule has 0 radical (unpaired) electrons. The van der Waals surface area contributed by atoms with Crippen molar-refractivity contribution in [2.45, 2.75) is 25.8 Å². The number of nitrogens with one attached hydrogen (secondary N) is 1. The minimum Gasteiger partial charge on any atom is -0.313 e. The highest BCUT2D eigenvalue weighted by Crippen LogP contribution is 1.99. The number of halogens is 1. The van der Waals surface area contributed by atoms with Gasteiger partial charge in [-0.3, -0.25) is 0 Å². The first-order valence-corrected chi connectivity index (χ1v) is 7.65. The fourth-order valence-electron chi connectivity index (χ4n) is 1.03. The molecule has 0 aliphatic rings. The summed E-state index contributed by atoms with van der Waals surface area (Å²) in [6, 6.07) is 0.432. The lowest BCUT2D eigenvalue weighted by Crippen LogP contribution is -2.32. The summed E-state index contributed by atoms with van der Waals surface area (Å²) in [5.41, 5.74) is 0. The van der Waals surface area contributed by atoms with E-state index >= 15 is 0 Å². The van der Waals surface area contributed by atoms with Crippen molar-refractivity contribution in [2.75, 3.05) is 23.9 Å². The second-order valence-electron chi connectivity index (χ2n) is 3.17. The number of sulfone groups is 1. The minimum atomic E-state index is -2.82. The van der Waals surface area contributed by atoms with Crippen molar-refractivity contribution in [1.82, 2.24) is 5.32 Å². The molecule has 80 valence electrons. The molecule has 3 nitrogen and oxygen atoms in total. The van der Waals surface area contributed by atoms with Crippen LogP contribution in [0.5, 0.6) is 0 Å². The highest BCUT2D eigenvalue weighted by molar-refractivity contribution is 9.09. The summed E-state index contributed by atoms with van der Waals surface area (Å²) in [6.07, 6.45) is 3.34. The molecule has 0 aliphatic heterocycles. The van der Waals surface area contributed by atoms with Gasteiger partial charge in [0.1, 0.15) is 9.84 Å². The molecule has 0 fully saturated rings. The first kappa shape index (κ1) is 13.4. The molecule has 0 amide bonds. The molecular weight excluding hydrogens is 254 g/mol. The summed E-state index contributed by atoms with van der Waals surface area (Å²) < 4.78 is 21.6. The van der Waals surface area contributed by atoms with E-state index in [0.717, 1.165) is 18.2 Å². The van der Waals surface area contributed by atoms with Crippen molar-refractivity contribution in [2.24, 2.45) is 0 Å². The maximum Gasteiger partial charge on any atom is 0.148 e. The van der Waals surface area contributed by atoms with Crippen LogP contribution in [0.15, 0.2) is 0 Å². The van der Waals surface area contributed by atoms with Crippen molar-refractivity contribution in [3.8, 4) is 0 Å². The molecule has 0 bridgehead atoms. The first-order chi connectivity index (χ1) is 5.99. The Morgan fingerprint density at radius 1 is 1.46 bits per heavy atom. The topological polar surface area (TPSA) is 46.2 Å². The zero-order valence-corrected chi connectivity index (χ0v) is 10.6. The van der Waals surface area contributed by atoms with Crippen LogP contribution < -0.4 is 5.32 Å². The summed E-state index contributed by atoms with van der Waals surface area (Å²) in [4.78, 5) is 0. The van der Waals surface area contributed by atoms with Crippen LogP contribution in [0.25, 0.3) is 0 Å². The van der Waals surface area contributed by atoms with Gasteiger partial charge in [-0.05, 0) is 12.8 Å². The van der Waals surface area contributed by atoms with E-state index in [4.69, 9.17) is 0 Å². The second kappa shape index (κ2) is 6.79. The summed E-state index contributed by atoms with van der Waals surface area (Å²) in [7, 11) is -2.82. The van der Waals surface area contributed by atoms with Crippen LogP contribution in [0.3, 0.4) is 0 Å². The van der Waals surface area contributed by atoms with E-state index in [1.807, 2.05) is 0 Å². The van der Waals surface area contributed by atoms with Gasteiger partial charge in [0.2, 0.25) is 0 Å². The second-order valence-corrected chi connectivity index (χ2v) is 6.22. The molecule has 1 unspecified atom stereocenters. The molecule has 0 aromatic heterocycles. The van der Waals surface area contributed by atoms with Crippen molar-refractivity contribution in [3.63, 3.8) is 0 Å². The van der Waals surface area contributed by atoms with Gasteiger partial charge >= 0.3 is 0 Å². The highest BCUT2D eigenvalue weighted by atomic mass is 79.9. The largest absolute Gasteiger partial charge is 0.313 e. The standard InChI is InChI=1S/C8H18BrNO2S/c1-3-8(4-5-9)10-6-7-13(2,11)12/h8,10H,3-7H2,1-2H3. The molecule has 13 heavy (non-hydrogen) atoms. The average molecular weight is 272 g/mol. The van der Waals surface area contributed by atoms with E-state index in [0.29, 0.717) is 12.6 Å². The van der Waals surface area contributed by atoms with E-state index in [2.05, 4.69) is 28.2 Å². The lowest BCUT2D eigenvalue weighted by molar-refractivity contribution is 0.501. The van der Waals surface area contributed by atoms with Gasteiger partial charge in [-0.2, -0.15) is 0 Å². The lowest BCUT2D eigenvalue weighted by Gasteiger charge is -2.14. The van der Waals surface area contributed by atoms with Gasteiger partial charge in [-0.25, -0.2) is 8.42 Å². The lowest BCUT2D eigenvalue weighted by atomic mass is 10.2. The number of hydrogen-bond donors (Lipinski definition) is 1. The predicted octanol–water partition coefficient (Wildman–Crippen LogP) is 1.18. The van der Waals surface area contributed by atoms with Crippen LogP contribution in [-0.2, 0) is 9.84 Å². The van der Waals surface area contributed by atoms with Crippen molar-refractivity contribution in [1.29, 1.82) is 0 Å². The summed E-state index contributed by atoms with van der Waals surface area (Å²) in [5.74, 6) is 0.228. The first-order valence-electron chi connectivity index (χ1n) is 4.46. The molecular formula is C8H18BrNO2S. The maximum atomic E-state index is 10.8. The summed E-state index contributed by atoms with van der Waals surface area (Å²) in [6.45, 7) is 2.66. The van der Waals surface area contributed by atoms with Gasteiger partial charge in [0.25, 0.3) is 0 Å². The Hall–Kier alpha value is 0.390. The minimum absolute atomic E-state index is 0.228.